The van der Waals surface area contributed by atoms with Crippen molar-refractivity contribution in [1.82, 2.24) is 14.7 Å². The molecule has 0 amide bonds. The molecule has 5 rings (SSSR count). The lowest BCUT2D eigenvalue weighted by molar-refractivity contribution is 0.276. The van der Waals surface area contributed by atoms with Gasteiger partial charge in [0.05, 0.1) is 26.5 Å². The average Bonchev–Trinajstić information content (AvgIpc) is 3.09. The number of rotatable bonds is 7. The molecule has 0 atom stereocenters. The lowest BCUT2D eigenvalue weighted by Crippen LogP contribution is -2.26. The number of aromatic nitrogens is 2. The Morgan fingerprint density at radius 3 is 2.29 bits per heavy atom. The van der Waals surface area contributed by atoms with Gasteiger partial charge in [-0.2, -0.15) is 5.10 Å². The molecule has 0 radical (unpaired) electrons. The van der Waals surface area contributed by atoms with Crippen molar-refractivity contribution in [2.45, 2.75) is 25.9 Å². The van der Waals surface area contributed by atoms with Crippen molar-refractivity contribution >= 4 is 11.6 Å². The van der Waals surface area contributed by atoms with Crippen molar-refractivity contribution < 1.29 is 9.47 Å². The van der Waals surface area contributed by atoms with E-state index in [1.807, 2.05) is 18.2 Å². The molecule has 1 aliphatic heterocycles. The highest BCUT2D eigenvalue weighted by Gasteiger charge is 2.24. The summed E-state index contributed by atoms with van der Waals surface area (Å²) in [5.41, 5.74) is 7.34. The van der Waals surface area contributed by atoms with Gasteiger partial charge in [-0.25, -0.2) is 0 Å². The van der Waals surface area contributed by atoms with E-state index in [2.05, 4.69) is 64.2 Å². The number of hydrogen-bond acceptors (Lipinski definition) is 4. The van der Waals surface area contributed by atoms with Crippen LogP contribution in [0.15, 0.2) is 72.8 Å². The zero-order valence-corrected chi connectivity index (χ0v) is 21.0. The molecule has 0 saturated carbocycles. The minimum atomic E-state index is 0.740. The van der Waals surface area contributed by atoms with E-state index in [9.17, 15) is 0 Å². The van der Waals surface area contributed by atoms with Gasteiger partial charge in [0.15, 0.2) is 11.5 Å². The van der Waals surface area contributed by atoms with Crippen molar-refractivity contribution in [2.24, 2.45) is 0 Å². The van der Waals surface area contributed by atoms with Crippen LogP contribution in [0.4, 0.5) is 0 Å². The Balaban J connectivity index is 1.42. The minimum Gasteiger partial charge on any atom is -0.493 e. The van der Waals surface area contributed by atoms with E-state index < -0.39 is 0 Å². The van der Waals surface area contributed by atoms with Gasteiger partial charge in [0.2, 0.25) is 0 Å². The number of fused-ring (bicyclic) bond motifs is 1. The number of halogens is 1. The molecule has 0 unspecified atom stereocenters. The second-order valence-corrected chi connectivity index (χ2v) is 9.33. The SMILES string of the molecule is COc1ccc(CN2CCc3c(-c4ccc(Cl)cc4)nn(Cc4ccccc4)c3CC2)cc1OC. The van der Waals surface area contributed by atoms with Crippen LogP contribution in [0, 0.1) is 0 Å². The summed E-state index contributed by atoms with van der Waals surface area (Å²) in [6.07, 6.45) is 1.91. The first-order valence-corrected chi connectivity index (χ1v) is 12.3. The summed E-state index contributed by atoms with van der Waals surface area (Å²) in [7, 11) is 3.35. The first-order valence-electron chi connectivity index (χ1n) is 12.0. The van der Waals surface area contributed by atoms with Crippen LogP contribution in [-0.4, -0.2) is 42.0 Å². The fraction of sp³-hybridized carbons (Fsp3) is 0.276. The molecular weight excluding hydrogens is 458 g/mol. The number of ether oxygens (including phenoxy) is 2. The Kier molecular flexibility index (Phi) is 7.07. The largest absolute Gasteiger partial charge is 0.493 e. The van der Waals surface area contributed by atoms with E-state index in [0.717, 1.165) is 66.8 Å². The number of benzene rings is 3. The molecule has 1 aliphatic rings. The molecule has 0 N–H and O–H groups in total. The third-order valence-corrected chi connectivity index (χ3v) is 6.91. The quantitative estimate of drug-likeness (QED) is 0.327. The molecule has 3 aromatic carbocycles. The summed E-state index contributed by atoms with van der Waals surface area (Å²) in [6, 6.07) is 24.8. The molecule has 5 nitrogen and oxygen atoms in total. The van der Waals surface area contributed by atoms with Gasteiger partial charge in [0.1, 0.15) is 0 Å². The van der Waals surface area contributed by atoms with Gasteiger partial charge in [0.25, 0.3) is 0 Å². The molecule has 2 heterocycles. The van der Waals surface area contributed by atoms with E-state index in [4.69, 9.17) is 26.2 Å². The van der Waals surface area contributed by atoms with E-state index in [1.54, 1.807) is 14.2 Å². The third kappa shape index (κ3) is 5.21. The second kappa shape index (κ2) is 10.5. The highest BCUT2D eigenvalue weighted by atomic mass is 35.5. The van der Waals surface area contributed by atoms with Gasteiger partial charge in [-0.15, -0.1) is 0 Å². The van der Waals surface area contributed by atoms with Crippen molar-refractivity contribution in [3.63, 3.8) is 0 Å². The predicted molar refractivity (Wildman–Crippen MR) is 140 cm³/mol. The summed E-state index contributed by atoms with van der Waals surface area (Å²) in [5, 5.41) is 5.84. The normalized spacial score (nSPS) is 13.8. The number of nitrogens with zero attached hydrogens (tertiary/aromatic N) is 3. The summed E-state index contributed by atoms with van der Waals surface area (Å²) >= 11 is 6.17. The summed E-state index contributed by atoms with van der Waals surface area (Å²) in [5.74, 6) is 1.53. The lowest BCUT2D eigenvalue weighted by atomic mass is 10.0. The highest BCUT2D eigenvalue weighted by molar-refractivity contribution is 6.30. The molecule has 0 bridgehead atoms. The van der Waals surface area contributed by atoms with Crippen LogP contribution in [0.1, 0.15) is 22.4 Å². The van der Waals surface area contributed by atoms with Gasteiger partial charge in [0, 0.05) is 47.9 Å². The van der Waals surface area contributed by atoms with Crippen LogP contribution in [0.5, 0.6) is 11.5 Å². The Hall–Kier alpha value is -3.28. The molecule has 180 valence electrons. The molecule has 0 aliphatic carbocycles. The maximum atomic E-state index is 6.17. The van der Waals surface area contributed by atoms with Crippen LogP contribution in [0.3, 0.4) is 0 Å². The smallest absolute Gasteiger partial charge is 0.161 e. The summed E-state index contributed by atoms with van der Waals surface area (Å²) < 4.78 is 13.1. The van der Waals surface area contributed by atoms with Gasteiger partial charge >= 0.3 is 0 Å². The molecule has 4 aromatic rings. The van der Waals surface area contributed by atoms with Gasteiger partial charge in [-0.1, -0.05) is 60.1 Å². The van der Waals surface area contributed by atoms with Gasteiger partial charge in [-0.3, -0.25) is 9.58 Å². The number of methoxy groups -OCH3 is 2. The summed E-state index contributed by atoms with van der Waals surface area (Å²) in [4.78, 5) is 2.51. The van der Waals surface area contributed by atoms with Crippen molar-refractivity contribution in [2.75, 3.05) is 27.3 Å². The molecule has 35 heavy (non-hydrogen) atoms. The lowest BCUT2D eigenvalue weighted by Gasteiger charge is -2.21. The maximum absolute atomic E-state index is 6.17. The number of hydrogen-bond donors (Lipinski definition) is 0. The molecular formula is C29H30ClN3O2. The zero-order chi connectivity index (χ0) is 24.2. The van der Waals surface area contributed by atoms with Crippen molar-refractivity contribution in [3.8, 4) is 22.8 Å². The summed E-state index contributed by atoms with van der Waals surface area (Å²) in [6.45, 7) is 3.58. The predicted octanol–water partition coefficient (Wildman–Crippen LogP) is 5.87. The Morgan fingerprint density at radius 1 is 0.800 bits per heavy atom. The van der Waals surface area contributed by atoms with Crippen molar-refractivity contribution in [3.05, 3.63) is 100 Å². The highest BCUT2D eigenvalue weighted by Crippen LogP contribution is 2.31. The van der Waals surface area contributed by atoms with Gasteiger partial charge in [-0.05, 0) is 41.8 Å². The van der Waals surface area contributed by atoms with Gasteiger partial charge < -0.3 is 9.47 Å². The van der Waals surface area contributed by atoms with Crippen molar-refractivity contribution in [1.29, 1.82) is 0 Å². The van der Waals surface area contributed by atoms with Crippen LogP contribution >= 0.6 is 11.6 Å². The second-order valence-electron chi connectivity index (χ2n) is 8.89. The zero-order valence-electron chi connectivity index (χ0n) is 20.2. The molecule has 0 spiro atoms. The first kappa shape index (κ1) is 23.5. The molecule has 0 saturated heterocycles. The monoisotopic (exact) mass is 487 g/mol. The fourth-order valence-electron chi connectivity index (χ4n) is 4.84. The Morgan fingerprint density at radius 2 is 1.54 bits per heavy atom. The molecule has 1 aromatic heterocycles. The van der Waals surface area contributed by atoms with E-state index >= 15 is 0 Å². The molecule has 0 fully saturated rings. The Bertz CT molecular complexity index is 1290. The topological polar surface area (TPSA) is 39.5 Å². The third-order valence-electron chi connectivity index (χ3n) is 6.66. The maximum Gasteiger partial charge on any atom is 0.161 e. The van der Waals surface area contributed by atoms with Crippen LogP contribution < -0.4 is 9.47 Å². The molecule has 6 heteroatoms. The Labute approximate surface area is 211 Å². The van der Waals surface area contributed by atoms with Crippen LogP contribution in [0.25, 0.3) is 11.3 Å². The first-order chi connectivity index (χ1) is 17.1. The fourth-order valence-corrected chi connectivity index (χ4v) is 4.97. The van der Waals surface area contributed by atoms with E-state index in [1.165, 1.54) is 22.4 Å². The standard InChI is InChI=1S/C29H30ClN3O2/c1-34-27-13-8-22(18-28(27)35-2)19-32-16-14-25-26(15-17-32)33(20-21-6-4-3-5-7-21)31-29(25)23-9-11-24(30)12-10-23/h3-13,18H,14-17,19-20H2,1-2H3. The minimum absolute atomic E-state index is 0.740. The van der Waals surface area contributed by atoms with Crippen LogP contribution in [-0.2, 0) is 25.9 Å². The average molecular weight is 488 g/mol. The van der Waals surface area contributed by atoms with E-state index in [-0.39, 0.29) is 0 Å². The van der Waals surface area contributed by atoms with Crippen LogP contribution in [0.2, 0.25) is 5.02 Å². The van der Waals surface area contributed by atoms with E-state index in [0.29, 0.717) is 0 Å².